The Morgan fingerprint density at radius 2 is 2.20 bits per heavy atom. The predicted octanol–water partition coefficient (Wildman–Crippen LogP) is 2.86. The summed E-state index contributed by atoms with van der Waals surface area (Å²) in [6.07, 6.45) is 3.89. The van der Waals surface area contributed by atoms with Crippen LogP contribution in [-0.2, 0) is 4.79 Å². The molecule has 2 N–H and O–H groups in total. The summed E-state index contributed by atoms with van der Waals surface area (Å²) in [6, 6.07) is 0.144. The van der Waals surface area contributed by atoms with Crippen LogP contribution in [0.3, 0.4) is 0 Å². The highest BCUT2D eigenvalue weighted by Crippen LogP contribution is 2.41. The summed E-state index contributed by atoms with van der Waals surface area (Å²) in [4.78, 5) is 16.4. The average Bonchev–Trinajstić information content (AvgIpc) is 3.09. The molecule has 1 aliphatic rings. The van der Waals surface area contributed by atoms with Crippen LogP contribution < -0.4 is 10.6 Å². The fourth-order valence-corrected chi connectivity index (χ4v) is 2.94. The number of nitrogens with one attached hydrogen (secondary N) is 2. The lowest BCUT2D eigenvalue weighted by molar-refractivity contribution is -0.122. The molecular formula is C13H23Cl2N3OS. The lowest BCUT2D eigenvalue weighted by Gasteiger charge is -2.15. The smallest absolute Gasteiger partial charge is 0.220 e. The SMILES string of the molecule is CNCCCC(=O)NC(c1nc(C)cs1)C1CC1.Cl.Cl. The molecule has 1 aromatic heterocycles. The van der Waals surface area contributed by atoms with Crippen molar-refractivity contribution < 1.29 is 4.79 Å². The molecule has 1 atom stereocenters. The average molecular weight is 340 g/mol. The maximum atomic E-state index is 11.9. The molecule has 1 fully saturated rings. The molecule has 7 heteroatoms. The first kappa shape index (κ1) is 19.6. The van der Waals surface area contributed by atoms with Crippen LogP contribution >= 0.6 is 36.2 Å². The van der Waals surface area contributed by atoms with Gasteiger partial charge >= 0.3 is 0 Å². The molecule has 0 saturated heterocycles. The van der Waals surface area contributed by atoms with Crippen molar-refractivity contribution >= 4 is 42.1 Å². The molecule has 116 valence electrons. The van der Waals surface area contributed by atoms with Crippen LogP contribution in [0.25, 0.3) is 0 Å². The predicted molar refractivity (Wildman–Crippen MR) is 88.1 cm³/mol. The van der Waals surface area contributed by atoms with Gasteiger partial charge in [0.1, 0.15) is 5.01 Å². The van der Waals surface area contributed by atoms with E-state index in [0.717, 1.165) is 23.7 Å². The van der Waals surface area contributed by atoms with E-state index in [9.17, 15) is 4.79 Å². The Kier molecular flexibility index (Phi) is 9.38. The van der Waals surface area contributed by atoms with Gasteiger partial charge in [-0.3, -0.25) is 4.79 Å². The number of carbonyl (C=O) groups is 1. The lowest BCUT2D eigenvalue weighted by Crippen LogP contribution is -2.30. The van der Waals surface area contributed by atoms with E-state index in [1.807, 2.05) is 14.0 Å². The minimum atomic E-state index is 0. The minimum absolute atomic E-state index is 0. The number of aromatic nitrogens is 1. The summed E-state index contributed by atoms with van der Waals surface area (Å²) in [6.45, 7) is 2.89. The maximum absolute atomic E-state index is 11.9. The highest BCUT2D eigenvalue weighted by atomic mass is 35.5. The van der Waals surface area contributed by atoms with Crippen molar-refractivity contribution in [2.24, 2.45) is 5.92 Å². The Balaban J connectivity index is 0.00000180. The van der Waals surface area contributed by atoms with Crippen LogP contribution in [0.4, 0.5) is 0 Å². The first-order chi connectivity index (χ1) is 8.70. The van der Waals surface area contributed by atoms with Gasteiger partial charge < -0.3 is 10.6 Å². The normalized spacial score (nSPS) is 14.9. The fourth-order valence-electron chi connectivity index (χ4n) is 2.00. The van der Waals surface area contributed by atoms with E-state index in [4.69, 9.17) is 0 Å². The summed E-state index contributed by atoms with van der Waals surface area (Å²) in [5.41, 5.74) is 1.05. The number of hydrogen-bond donors (Lipinski definition) is 2. The third-order valence-electron chi connectivity index (χ3n) is 3.14. The molecule has 0 spiro atoms. The van der Waals surface area contributed by atoms with Gasteiger partial charge in [-0.25, -0.2) is 4.98 Å². The first-order valence-electron chi connectivity index (χ1n) is 6.56. The van der Waals surface area contributed by atoms with Crippen molar-refractivity contribution in [3.05, 3.63) is 16.1 Å². The molecule has 0 aliphatic heterocycles. The topological polar surface area (TPSA) is 54.0 Å². The van der Waals surface area contributed by atoms with Crippen molar-refractivity contribution in [1.82, 2.24) is 15.6 Å². The Bertz CT molecular complexity index is 410. The minimum Gasteiger partial charge on any atom is -0.347 e. The number of aryl methyl sites for hydroxylation is 1. The van der Waals surface area contributed by atoms with Crippen molar-refractivity contribution in [3.63, 3.8) is 0 Å². The number of carbonyl (C=O) groups excluding carboxylic acids is 1. The molecular weight excluding hydrogens is 317 g/mol. The van der Waals surface area contributed by atoms with Crippen LogP contribution in [0.15, 0.2) is 5.38 Å². The zero-order chi connectivity index (χ0) is 13.0. The number of amides is 1. The van der Waals surface area contributed by atoms with Gasteiger partial charge in [-0.2, -0.15) is 0 Å². The van der Waals surface area contributed by atoms with Gasteiger partial charge in [-0.15, -0.1) is 36.2 Å². The standard InChI is InChI=1S/C13H21N3OS.2ClH/c1-9-8-18-13(15-9)12(10-5-6-10)16-11(17)4-3-7-14-2;;/h8,10,12,14H,3-7H2,1-2H3,(H,16,17);2*1H. The first-order valence-corrected chi connectivity index (χ1v) is 7.44. The van der Waals surface area contributed by atoms with Crippen molar-refractivity contribution in [2.75, 3.05) is 13.6 Å². The van der Waals surface area contributed by atoms with E-state index in [0.29, 0.717) is 12.3 Å². The van der Waals surface area contributed by atoms with Gasteiger partial charge in [0.25, 0.3) is 0 Å². The Morgan fingerprint density at radius 3 is 2.70 bits per heavy atom. The van der Waals surface area contributed by atoms with Crippen LogP contribution in [-0.4, -0.2) is 24.5 Å². The Labute approximate surface area is 137 Å². The van der Waals surface area contributed by atoms with Crippen molar-refractivity contribution in [2.45, 2.75) is 38.6 Å². The summed E-state index contributed by atoms with van der Waals surface area (Å²) >= 11 is 1.66. The zero-order valence-corrected chi connectivity index (χ0v) is 14.3. The van der Waals surface area contributed by atoms with Crippen LogP contribution in [0.1, 0.15) is 42.4 Å². The largest absolute Gasteiger partial charge is 0.347 e. The van der Waals surface area contributed by atoms with E-state index in [1.165, 1.54) is 12.8 Å². The van der Waals surface area contributed by atoms with Crippen LogP contribution in [0.5, 0.6) is 0 Å². The number of hydrogen-bond acceptors (Lipinski definition) is 4. The Hall–Kier alpha value is -0.360. The zero-order valence-electron chi connectivity index (χ0n) is 11.8. The second-order valence-corrected chi connectivity index (χ2v) is 5.81. The third kappa shape index (κ3) is 5.95. The molecule has 4 nitrogen and oxygen atoms in total. The fraction of sp³-hybridized carbons (Fsp3) is 0.692. The molecule has 1 unspecified atom stereocenters. The maximum Gasteiger partial charge on any atom is 0.220 e. The quantitative estimate of drug-likeness (QED) is 0.751. The Morgan fingerprint density at radius 1 is 1.50 bits per heavy atom. The molecule has 0 bridgehead atoms. The number of nitrogens with zero attached hydrogens (tertiary/aromatic N) is 1. The van der Waals surface area contributed by atoms with Crippen LogP contribution in [0.2, 0.25) is 0 Å². The second-order valence-electron chi connectivity index (χ2n) is 4.92. The van der Waals surface area contributed by atoms with Gasteiger partial charge in [0.15, 0.2) is 0 Å². The molecule has 1 amide bonds. The molecule has 1 aromatic rings. The highest BCUT2D eigenvalue weighted by molar-refractivity contribution is 7.09. The second kappa shape index (κ2) is 9.55. The van der Waals surface area contributed by atoms with E-state index in [2.05, 4.69) is 21.0 Å². The van der Waals surface area contributed by atoms with Gasteiger partial charge in [0.2, 0.25) is 5.91 Å². The summed E-state index contributed by atoms with van der Waals surface area (Å²) in [7, 11) is 1.91. The number of thiazole rings is 1. The van der Waals surface area contributed by atoms with E-state index in [-0.39, 0.29) is 36.8 Å². The summed E-state index contributed by atoms with van der Waals surface area (Å²) in [5, 5.41) is 9.32. The molecule has 2 rings (SSSR count). The van der Waals surface area contributed by atoms with E-state index < -0.39 is 0 Å². The van der Waals surface area contributed by atoms with Gasteiger partial charge in [0.05, 0.1) is 6.04 Å². The summed E-state index contributed by atoms with van der Waals surface area (Å²) < 4.78 is 0. The lowest BCUT2D eigenvalue weighted by atomic mass is 10.2. The molecule has 1 saturated carbocycles. The monoisotopic (exact) mass is 339 g/mol. The van der Waals surface area contributed by atoms with Gasteiger partial charge in [-0.05, 0) is 45.7 Å². The third-order valence-corrected chi connectivity index (χ3v) is 4.19. The van der Waals surface area contributed by atoms with Crippen molar-refractivity contribution in [3.8, 4) is 0 Å². The number of rotatable bonds is 7. The molecule has 1 aliphatic carbocycles. The summed E-state index contributed by atoms with van der Waals surface area (Å²) in [5.74, 6) is 0.749. The molecule has 1 heterocycles. The number of halogens is 2. The van der Waals surface area contributed by atoms with Crippen LogP contribution in [0, 0.1) is 12.8 Å². The van der Waals surface area contributed by atoms with Gasteiger partial charge in [-0.1, -0.05) is 0 Å². The van der Waals surface area contributed by atoms with E-state index >= 15 is 0 Å². The van der Waals surface area contributed by atoms with Gasteiger partial charge in [0, 0.05) is 17.5 Å². The highest BCUT2D eigenvalue weighted by Gasteiger charge is 2.35. The van der Waals surface area contributed by atoms with Crippen molar-refractivity contribution in [1.29, 1.82) is 0 Å². The van der Waals surface area contributed by atoms with E-state index in [1.54, 1.807) is 11.3 Å². The molecule has 0 radical (unpaired) electrons. The molecule has 20 heavy (non-hydrogen) atoms. The molecule has 0 aromatic carbocycles.